The highest BCUT2D eigenvalue weighted by atomic mass is 16.5. The van der Waals surface area contributed by atoms with Gasteiger partial charge in [-0.3, -0.25) is 0 Å². The van der Waals surface area contributed by atoms with Gasteiger partial charge >= 0.3 is 0 Å². The summed E-state index contributed by atoms with van der Waals surface area (Å²) < 4.78 is 5.87. The summed E-state index contributed by atoms with van der Waals surface area (Å²) >= 11 is 0. The van der Waals surface area contributed by atoms with Crippen LogP contribution in [0.1, 0.15) is 25.5 Å². The van der Waals surface area contributed by atoms with Crippen LogP contribution in [0.2, 0.25) is 0 Å². The Labute approximate surface area is 102 Å². The monoisotopic (exact) mass is 236 g/mol. The van der Waals surface area contributed by atoms with Crippen LogP contribution in [0.5, 0.6) is 5.88 Å². The standard InChI is InChI=1S/C12H20N4O/c1-3-9-8-11(15-12(13)14-9)17-10-4-6-16(2)7-5-10/h8,10H,3-7H2,1-2H3,(H2,13,14,15). The lowest BCUT2D eigenvalue weighted by atomic mass is 10.1. The van der Waals surface area contributed by atoms with E-state index in [1.165, 1.54) is 0 Å². The van der Waals surface area contributed by atoms with Gasteiger partial charge in [0.25, 0.3) is 0 Å². The predicted molar refractivity (Wildman–Crippen MR) is 67.0 cm³/mol. The molecule has 0 spiro atoms. The van der Waals surface area contributed by atoms with Gasteiger partial charge in [0.15, 0.2) is 0 Å². The zero-order valence-corrected chi connectivity index (χ0v) is 10.5. The Bertz CT molecular complexity index is 375. The zero-order valence-electron chi connectivity index (χ0n) is 10.5. The molecule has 1 aromatic heterocycles. The third-order valence-corrected chi connectivity index (χ3v) is 3.09. The van der Waals surface area contributed by atoms with E-state index in [0.717, 1.165) is 38.0 Å². The molecule has 0 atom stereocenters. The molecule has 2 rings (SSSR count). The summed E-state index contributed by atoms with van der Waals surface area (Å²) in [5.41, 5.74) is 6.58. The number of ether oxygens (including phenoxy) is 1. The summed E-state index contributed by atoms with van der Waals surface area (Å²) in [7, 11) is 2.13. The van der Waals surface area contributed by atoms with E-state index >= 15 is 0 Å². The Morgan fingerprint density at radius 2 is 2.12 bits per heavy atom. The first kappa shape index (κ1) is 12.1. The number of likely N-dealkylation sites (tertiary alicyclic amines) is 1. The molecule has 0 aliphatic carbocycles. The molecular weight excluding hydrogens is 216 g/mol. The van der Waals surface area contributed by atoms with Gasteiger partial charge in [-0.2, -0.15) is 4.98 Å². The molecule has 0 amide bonds. The van der Waals surface area contributed by atoms with Crippen LogP contribution < -0.4 is 10.5 Å². The van der Waals surface area contributed by atoms with Crippen molar-refractivity contribution < 1.29 is 4.74 Å². The van der Waals surface area contributed by atoms with Crippen LogP contribution in [0.3, 0.4) is 0 Å². The number of hydrogen-bond acceptors (Lipinski definition) is 5. The van der Waals surface area contributed by atoms with Gasteiger partial charge in [-0.1, -0.05) is 6.92 Å². The lowest BCUT2D eigenvalue weighted by Crippen LogP contribution is -2.35. The summed E-state index contributed by atoms with van der Waals surface area (Å²) in [6.07, 6.45) is 3.19. The van der Waals surface area contributed by atoms with Gasteiger partial charge in [0.05, 0.1) is 0 Å². The number of aromatic nitrogens is 2. The highest BCUT2D eigenvalue weighted by Gasteiger charge is 2.18. The average molecular weight is 236 g/mol. The fourth-order valence-corrected chi connectivity index (χ4v) is 2.01. The molecule has 0 radical (unpaired) electrons. The Morgan fingerprint density at radius 3 is 2.76 bits per heavy atom. The Kier molecular flexibility index (Phi) is 3.78. The van der Waals surface area contributed by atoms with E-state index in [1.807, 2.05) is 13.0 Å². The van der Waals surface area contributed by atoms with Crippen LogP contribution in [0.4, 0.5) is 5.95 Å². The molecule has 5 heteroatoms. The van der Waals surface area contributed by atoms with Crippen molar-refractivity contribution in [2.24, 2.45) is 0 Å². The van der Waals surface area contributed by atoms with Crippen LogP contribution in [0.15, 0.2) is 6.07 Å². The van der Waals surface area contributed by atoms with E-state index in [9.17, 15) is 0 Å². The lowest BCUT2D eigenvalue weighted by molar-refractivity contribution is 0.110. The van der Waals surface area contributed by atoms with Crippen molar-refractivity contribution in [2.45, 2.75) is 32.3 Å². The smallest absolute Gasteiger partial charge is 0.223 e. The van der Waals surface area contributed by atoms with Crippen molar-refractivity contribution in [1.82, 2.24) is 14.9 Å². The second-order valence-corrected chi connectivity index (χ2v) is 4.53. The van der Waals surface area contributed by atoms with Gasteiger partial charge in [0.2, 0.25) is 11.8 Å². The first-order valence-corrected chi connectivity index (χ1v) is 6.16. The molecule has 1 fully saturated rings. The zero-order chi connectivity index (χ0) is 12.3. The molecule has 0 bridgehead atoms. The number of nitrogens with two attached hydrogens (primary N) is 1. The quantitative estimate of drug-likeness (QED) is 0.851. The molecule has 1 saturated heterocycles. The summed E-state index contributed by atoms with van der Waals surface area (Å²) in [4.78, 5) is 10.6. The number of hydrogen-bond donors (Lipinski definition) is 1. The Hall–Kier alpha value is -1.36. The van der Waals surface area contributed by atoms with Crippen molar-refractivity contribution in [3.63, 3.8) is 0 Å². The Morgan fingerprint density at radius 1 is 1.41 bits per heavy atom. The van der Waals surface area contributed by atoms with Crippen molar-refractivity contribution in [3.05, 3.63) is 11.8 Å². The summed E-state index contributed by atoms with van der Waals surface area (Å²) in [6.45, 7) is 4.19. The number of aryl methyl sites for hydroxylation is 1. The van der Waals surface area contributed by atoms with Crippen LogP contribution in [0.25, 0.3) is 0 Å². The summed E-state index contributed by atoms with van der Waals surface area (Å²) in [5, 5.41) is 0. The van der Waals surface area contributed by atoms with E-state index in [0.29, 0.717) is 11.8 Å². The van der Waals surface area contributed by atoms with E-state index in [1.54, 1.807) is 0 Å². The van der Waals surface area contributed by atoms with Crippen LogP contribution in [-0.4, -0.2) is 41.1 Å². The number of nitrogen functional groups attached to an aromatic ring is 1. The highest BCUT2D eigenvalue weighted by molar-refractivity contribution is 5.26. The summed E-state index contributed by atoms with van der Waals surface area (Å²) in [6, 6.07) is 1.88. The molecule has 2 N–H and O–H groups in total. The first-order chi connectivity index (χ1) is 8.17. The fraction of sp³-hybridized carbons (Fsp3) is 0.667. The van der Waals surface area contributed by atoms with E-state index < -0.39 is 0 Å². The number of anilines is 1. The highest BCUT2D eigenvalue weighted by Crippen LogP contribution is 2.18. The minimum atomic E-state index is 0.255. The van der Waals surface area contributed by atoms with E-state index in [4.69, 9.17) is 10.5 Å². The molecule has 17 heavy (non-hydrogen) atoms. The van der Waals surface area contributed by atoms with E-state index in [-0.39, 0.29) is 6.10 Å². The van der Waals surface area contributed by atoms with Gasteiger partial charge in [-0.15, -0.1) is 0 Å². The van der Waals surface area contributed by atoms with Crippen molar-refractivity contribution in [2.75, 3.05) is 25.9 Å². The van der Waals surface area contributed by atoms with E-state index in [2.05, 4.69) is 21.9 Å². The number of piperidine rings is 1. The molecular formula is C12H20N4O. The second-order valence-electron chi connectivity index (χ2n) is 4.53. The minimum Gasteiger partial charge on any atom is -0.474 e. The third kappa shape index (κ3) is 3.30. The molecule has 1 aromatic rings. The van der Waals surface area contributed by atoms with Gasteiger partial charge in [0.1, 0.15) is 6.10 Å². The maximum Gasteiger partial charge on any atom is 0.223 e. The summed E-state index contributed by atoms with van der Waals surface area (Å²) in [5.74, 6) is 0.913. The van der Waals surface area contributed by atoms with Gasteiger partial charge in [-0.05, 0) is 26.3 Å². The maximum atomic E-state index is 5.87. The first-order valence-electron chi connectivity index (χ1n) is 6.16. The lowest BCUT2D eigenvalue weighted by Gasteiger charge is -2.28. The van der Waals surface area contributed by atoms with Crippen molar-refractivity contribution in [1.29, 1.82) is 0 Å². The molecule has 5 nitrogen and oxygen atoms in total. The third-order valence-electron chi connectivity index (χ3n) is 3.09. The SMILES string of the molecule is CCc1cc(OC2CCN(C)CC2)nc(N)n1. The van der Waals surface area contributed by atoms with Crippen LogP contribution >= 0.6 is 0 Å². The van der Waals surface area contributed by atoms with Crippen molar-refractivity contribution in [3.8, 4) is 5.88 Å². The van der Waals surface area contributed by atoms with Gasteiger partial charge in [-0.25, -0.2) is 4.98 Å². The molecule has 1 aliphatic rings. The topological polar surface area (TPSA) is 64.3 Å². The van der Waals surface area contributed by atoms with Crippen LogP contribution in [-0.2, 0) is 6.42 Å². The number of rotatable bonds is 3. The minimum absolute atomic E-state index is 0.255. The molecule has 0 unspecified atom stereocenters. The molecule has 1 aliphatic heterocycles. The second kappa shape index (κ2) is 5.31. The molecule has 2 heterocycles. The Balaban J connectivity index is 2.00. The number of nitrogens with zero attached hydrogens (tertiary/aromatic N) is 3. The maximum absolute atomic E-state index is 5.87. The van der Waals surface area contributed by atoms with Gasteiger partial charge < -0.3 is 15.4 Å². The molecule has 0 saturated carbocycles. The fourth-order valence-electron chi connectivity index (χ4n) is 2.01. The molecule has 0 aromatic carbocycles. The average Bonchev–Trinajstić information content (AvgIpc) is 2.31. The van der Waals surface area contributed by atoms with Crippen LogP contribution in [0, 0.1) is 0 Å². The largest absolute Gasteiger partial charge is 0.474 e. The molecule has 94 valence electrons. The van der Waals surface area contributed by atoms with Gasteiger partial charge in [0, 0.05) is 24.8 Å². The predicted octanol–water partition coefficient (Wildman–Crippen LogP) is 1.09. The van der Waals surface area contributed by atoms with Crippen molar-refractivity contribution >= 4 is 5.95 Å². The normalized spacial score (nSPS) is 18.2.